The van der Waals surface area contributed by atoms with Crippen LogP contribution in [0.3, 0.4) is 0 Å². The van der Waals surface area contributed by atoms with Crippen molar-refractivity contribution in [3.8, 4) is 0 Å². The average Bonchev–Trinajstić information content (AvgIpc) is 2.18. The van der Waals surface area contributed by atoms with E-state index in [1.165, 1.54) is 12.1 Å². The summed E-state index contributed by atoms with van der Waals surface area (Å²) in [7, 11) is -3.56. The maximum atomic E-state index is 11.7. The van der Waals surface area contributed by atoms with Crippen LogP contribution in [0.2, 0.25) is 0 Å². The molecule has 1 rings (SSSR count). The number of hydrogen-bond donors (Lipinski definition) is 1. The third kappa shape index (κ3) is 2.87. The number of carbonyl (C=O) groups excluding carboxylic acids is 1. The SMILES string of the molecule is CS(=O)(=O)[C@H](CO)C(=O)c1ccccc1. The van der Waals surface area contributed by atoms with Crippen LogP contribution in [0.25, 0.3) is 0 Å². The highest BCUT2D eigenvalue weighted by atomic mass is 32.2. The topological polar surface area (TPSA) is 71.4 Å². The molecule has 4 nitrogen and oxygen atoms in total. The molecule has 0 aromatic heterocycles. The highest BCUT2D eigenvalue weighted by Crippen LogP contribution is 2.09. The van der Waals surface area contributed by atoms with Crippen LogP contribution < -0.4 is 0 Å². The molecular formula is C10H12O4S. The fraction of sp³-hybridized carbons (Fsp3) is 0.300. The first kappa shape index (κ1) is 11.9. The fourth-order valence-corrected chi connectivity index (χ4v) is 2.00. The summed E-state index contributed by atoms with van der Waals surface area (Å²) in [5, 5.41) is 7.53. The van der Waals surface area contributed by atoms with Crippen LogP contribution in [0.15, 0.2) is 30.3 Å². The highest BCUT2D eigenvalue weighted by molar-refractivity contribution is 7.92. The molecule has 0 spiro atoms. The summed E-state index contributed by atoms with van der Waals surface area (Å²) >= 11 is 0. The molecule has 0 amide bonds. The summed E-state index contributed by atoms with van der Waals surface area (Å²) < 4.78 is 22.4. The number of hydrogen-bond acceptors (Lipinski definition) is 4. The fourth-order valence-electron chi connectivity index (χ4n) is 1.20. The van der Waals surface area contributed by atoms with Crippen LogP contribution in [0, 0.1) is 0 Å². The van der Waals surface area contributed by atoms with Gasteiger partial charge in [0.05, 0.1) is 6.61 Å². The van der Waals surface area contributed by atoms with Crippen molar-refractivity contribution in [2.24, 2.45) is 0 Å². The molecular weight excluding hydrogens is 216 g/mol. The molecule has 1 N–H and O–H groups in total. The minimum absolute atomic E-state index is 0.293. The van der Waals surface area contributed by atoms with Gasteiger partial charge in [0.25, 0.3) is 0 Å². The molecule has 0 unspecified atom stereocenters. The number of Topliss-reactive ketones (excluding diaryl/α,β-unsaturated/α-hetero) is 1. The standard InChI is InChI=1S/C10H12O4S/c1-15(13,14)9(7-11)10(12)8-5-3-2-4-6-8/h2-6,9,11H,7H2,1H3/t9-/m1/s1. The zero-order valence-corrected chi connectivity index (χ0v) is 9.07. The Morgan fingerprint density at radius 3 is 2.27 bits per heavy atom. The molecule has 0 aliphatic rings. The first-order chi connectivity index (χ1) is 6.96. The summed E-state index contributed by atoms with van der Waals surface area (Å²) in [5.74, 6) is -0.569. The van der Waals surface area contributed by atoms with Gasteiger partial charge in [0.15, 0.2) is 15.6 Å². The lowest BCUT2D eigenvalue weighted by molar-refractivity contribution is 0.0962. The molecule has 0 radical (unpaired) electrons. The van der Waals surface area contributed by atoms with Crippen molar-refractivity contribution in [3.63, 3.8) is 0 Å². The number of sulfone groups is 1. The summed E-state index contributed by atoms with van der Waals surface area (Å²) in [6.45, 7) is -0.688. The van der Waals surface area contributed by atoms with Crippen LogP contribution in [0.5, 0.6) is 0 Å². The van der Waals surface area contributed by atoms with Gasteiger partial charge >= 0.3 is 0 Å². The molecule has 0 fully saturated rings. The van der Waals surface area contributed by atoms with E-state index in [0.29, 0.717) is 5.56 Å². The zero-order valence-electron chi connectivity index (χ0n) is 8.25. The second kappa shape index (κ2) is 4.55. The van der Waals surface area contributed by atoms with Crippen molar-refractivity contribution < 1.29 is 18.3 Å². The zero-order chi connectivity index (χ0) is 11.5. The lowest BCUT2D eigenvalue weighted by Gasteiger charge is -2.10. The van der Waals surface area contributed by atoms with Gasteiger partial charge in [-0.25, -0.2) is 8.42 Å². The van der Waals surface area contributed by atoms with E-state index in [0.717, 1.165) is 6.26 Å². The van der Waals surface area contributed by atoms with E-state index in [4.69, 9.17) is 5.11 Å². The predicted molar refractivity (Wildman–Crippen MR) is 56.5 cm³/mol. The second-order valence-electron chi connectivity index (χ2n) is 3.23. The van der Waals surface area contributed by atoms with Crippen molar-refractivity contribution in [3.05, 3.63) is 35.9 Å². The highest BCUT2D eigenvalue weighted by Gasteiger charge is 2.28. The Hall–Kier alpha value is -1.20. The lowest BCUT2D eigenvalue weighted by Crippen LogP contribution is -2.33. The van der Waals surface area contributed by atoms with Crippen LogP contribution in [-0.2, 0) is 9.84 Å². The molecule has 1 atom stereocenters. The van der Waals surface area contributed by atoms with Crippen LogP contribution in [0.4, 0.5) is 0 Å². The molecule has 5 heteroatoms. The summed E-state index contributed by atoms with van der Waals surface area (Å²) in [4.78, 5) is 11.7. The number of benzene rings is 1. The number of carbonyl (C=O) groups is 1. The Balaban J connectivity index is 3.04. The molecule has 0 aliphatic carbocycles. The van der Waals surface area contributed by atoms with Crippen LogP contribution in [0.1, 0.15) is 10.4 Å². The van der Waals surface area contributed by atoms with Crippen molar-refractivity contribution in [2.45, 2.75) is 5.25 Å². The van der Waals surface area contributed by atoms with Crippen molar-refractivity contribution in [2.75, 3.05) is 12.9 Å². The van der Waals surface area contributed by atoms with Crippen molar-refractivity contribution in [1.29, 1.82) is 0 Å². The Morgan fingerprint density at radius 1 is 1.33 bits per heavy atom. The summed E-state index contributed by atoms with van der Waals surface area (Å²) in [5.41, 5.74) is 0.293. The van der Waals surface area contributed by atoms with E-state index in [1.807, 2.05) is 0 Å². The second-order valence-corrected chi connectivity index (χ2v) is 5.46. The number of ketones is 1. The molecule has 15 heavy (non-hydrogen) atoms. The predicted octanol–water partition coefficient (Wildman–Crippen LogP) is 0.275. The van der Waals surface area contributed by atoms with Gasteiger partial charge in [0.1, 0.15) is 5.25 Å². The number of aliphatic hydroxyl groups is 1. The maximum Gasteiger partial charge on any atom is 0.183 e. The molecule has 82 valence electrons. The number of rotatable bonds is 4. The van der Waals surface area contributed by atoms with Gasteiger partial charge < -0.3 is 5.11 Å². The van der Waals surface area contributed by atoms with E-state index in [2.05, 4.69) is 0 Å². The molecule has 1 aromatic rings. The first-order valence-corrected chi connectivity index (χ1v) is 6.31. The van der Waals surface area contributed by atoms with Crippen LogP contribution >= 0.6 is 0 Å². The molecule has 0 aliphatic heterocycles. The van der Waals surface area contributed by atoms with Gasteiger partial charge in [-0.1, -0.05) is 30.3 Å². The van der Waals surface area contributed by atoms with E-state index < -0.39 is 27.5 Å². The first-order valence-electron chi connectivity index (χ1n) is 4.36. The summed E-state index contributed by atoms with van der Waals surface area (Å²) in [6, 6.07) is 8.06. The Labute approximate surface area is 88.5 Å². The third-order valence-electron chi connectivity index (χ3n) is 2.03. The van der Waals surface area contributed by atoms with Gasteiger partial charge in [0.2, 0.25) is 0 Å². The van der Waals surface area contributed by atoms with E-state index in [1.54, 1.807) is 18.2 Å². The lowest BCUT2D eigenvalue weighted by atomic mass is 10.1. The minimum atomic E-state index is -3.56. The van der Waals surface area contributed by atoms with Gasteiger partial charge in [-0.2, -0.15) is 0 Å². The monoisotopic (exact) mass is 228 g/mol. The molecule has 0 saturated heterocycles. The minimum Gasteiger partial charge on any atom is -0.395 e. The Kier molecular flexibility index (Phi) is 3.60. The Morgan fingerprint density at radius 2 is 1.87 bits per heavy atom. The molecule has 1 aromatic carbocycles. The van der Waals surface area contributed by atoms with E-state index in [9.17, 15) is 13.2 Å². The van der Waals surface area contributed by atoms with Crippen molar-refractivity contribution >= 4 is 15.6 Å². The molecule has 0 saturated carbocycles. The van der Waals surface area contributed by atoms with Gasteiger partial charge in [-0.15, -0.1) is 0 Å². The van der Waals surface area contributed by atoms with Gasteiger partial charge in [-0.3, -0.25) is 4.79 Å². The van der Waals surface area contributed by atoms with E-state index in [-0.39, 0.29) is 0 Å². The molecule has 0 heterocycles. The third-order valence-corrected chi connectivity index (χ3v) is 3.43. The quantitative estimate of drug-likeness (QED) is 0.751. The van der Waals surface area contributed by atoms with Crippen molar-refractivity contribution in [1.82, 2.24) is 0 Å². The molecule has 0 bridgehead atoms. The average molecular weight is 228 g/mol. The largest absolute Gasteiger partial charge is 0.395 e. The van der Waals surface area contributed by atoms with Crippen LogP contribution in [-0.4, -0.2) is 37.4 Å². The van der Waals surface area contributed by atoms with Gasteiger partial charge in [-0.05, 0) is 0 Å². The Bertz CT molecular complexity index is 436. The van der Waals surface area contributed by atoms with E-state index >= 15 is 0 Å². The van der Waals surface area contributed by atoms with Gasteiger partial charge in [0, 0.05) is 11.8 Å². The normalized spacial score (nSPS) is 13.5. The smallest absolute Gasteiger partial charge is 0.183 e. The maximum absolute atomic E-state index is 11.7. The summed E-state index contributed by atoms with van der Waals surface area (Å²) in [6.07, 6.45) is 0.939. The number of aliphatic hydroxyl groups excluding tert-OH is 1.